The van der Waals surface area contributed by atoms with Gasteiger partial charge in [0.05, 0.1) is 36.0 Å². The zero-order chi connectivity index (χ0) is 21.7. The van der Waals surface area contributed by atoms with Crippen LogP contribution in [0.1, 0.15) is 36.8 Å². The molecular formula is C20H23F2N7O. The van der Waals surface area contributed by atoms with Crippen LogP contribution in [0, 0.1) is 0 Å². The maximum absolute atomic E-state index is 13.3. The summed E-state index contributed by atoms with van der Waals surface area (Å²) in [5.41, 5.74) is 0.681. The van der Waals surface area contributed by atoms with Gasteiger partial charge in [-0.05, 0) is 26.0 Å². The van der Waals surface area contributed by atoms with Crippen LogP contribution < -0.4 is 5.32 Å². The summed E-state index contributed by atoms with van der Waals surface area (Å²) in [5.74, 6) is -2.84. The number of hydrogen-bond donors (Lipinski definition) is 1. The minimum Gasteiger partial charge on any atom is -0.367 e. The molecule has 3 rings (SSSR count). The standard InChI is InChI=1S/C20H23F2N7O/c1-4-28(14(2)11-24-18-13-23-17(12-25-18)20(3,21)22)19(30)15-7-5-6-8-16(15)29-26-9-10-27-29/h5-10,12-14H,4,11H2,1-3H3,(H,24,25)/t14-/m0/s1. The molecule has 0 saturated carbocycles. The second-order valence-corrected chi connectivity index (χ2v) is 6.83. The molecule has 2 heterocycles. The van der Waals surface area contributed by atoms with Crippen LogP contribution in [-0.4, -0.2) is 54.9 Å². The summed E-state index contributed by atoms with van der Waals surface area (Å²) in [6.07, 6.45) is 5.40. The number of para-hydroxylation sites is 1. The van der Waals surface area contributed by atoms with Gasteiger partial charge in [-0.3, -0.25) is 4.79 Å². The van der Waals surface area contributed by atoms with Crippen LogP contribution in [0.15, 0.2) is 49.1 Å². The number of nitrogens with one attached hydrogen (secondary N) is 1. The van der Waals surface area contributed by atoms with Gasteiger partial charge in [0.1, 0.15) is 11.5 Å². The fraction of sp³-hybridized carbons (Fsp3) is 0.350. The molecule has 0 radical (unpaired) electrons. The summed E-state index contributed by atoms with van der Waals surface area (Å²) in [5, 5.41) is 11.3. The molecule has 10 heteroatoms. The summed E-state index contributed by atoms with van der Waals surface area (Å²) in [6.45, 7) is 5.41. The Labute approximate surface area is 173 Å². The van der Waals surface area contributed by atoms with Gasteiger partial charge in [0, 0.05) is 26.1 Å². The molecule has 1 amide bonds. The lowest BCUT2D eigenvalue weighted by Crippen LogP contribution is -2.42. The van der Waals surface area contributed by atoms with E-state index in [0.29, 0.717) is 30.2 Å². The Morgan fingerprint density at radius 1 is 1.20 bits per heavy atom. The van der Waals surface area contributed by atoms with E-state index in [2.05, 4.69) is 25.5 Å². The van der Waals surface area contributed by atoms with Gasteiger partial charge in [-0.15, -0.1) is 0 Å². The Bertz CT molecular complexity index is 972. The Morgan fingerprint density at radius 2 is 1.90 bits per heavy atom. The van der Waals surface area contributed by atoms with Crippen molar-refractivity contribution in [3.8, 4) is 5.69 Å². The van der Waals surface area contributed by atoms with Crippen LogP contribution >= 0.6 is 0 Å². The predicted molar refractivity (Wildman–Crippen MR) is 108 cm³/mol. The number of rotatable bonds is 8. The van der Waals surface area contributed by atoms with Gasteiger partial charge in [-0.25, -0.2) is 9.97 Å². The van der Waals surface area contributed by atoms with Gasteiger partial charge < -0.3 is 10.2 Å². The van der Waals surface area contributed by atoms with Gasteiger partial charge in [-0.2, -0.15) is 23.8 Å². The van der Waals surface area contributed by atoms with Crippen LogP contribution in [0.4, 0.5) is 14.6 Å². The lowest BCUT2D eigenvalue weighted by atomic mass is 10.1. The first-order valence-corrected chi connectivity index (χ1v) is 9.52. The number of nitrogens with zero attached hydrogens (tertiary/aromatic N) is 6. The number of aromatic nitrogens is 5. The third-order valence-corrected chi connectivity index (χ3v) is 4.58. The van der Waals surface area contributed by atoms with Gasteiger partial charge >= 0.3 is 0 Å². The highest BCUT2D eigenvalue weighted by molar-refractivity contribution is 5.97. The van der Waals surface area contributed by atoms with Crippen molar-refractivity contribution in [3.63, 3.8) is 0 Å². The van der Waals surface area contributed by atoms with E-state index in [1.54, 1.807) is 35.5 Å². The minimum absolute atomic E-state index is 0.160. The highest BCUT2D eigenvalue weighted by Gasteiger charge is 2.27. The second kappa shape index (κ2) is 8.93. The Hall–Kier alpha value is -3.43. The number of amides is 1. The van der Waals surface area contributed by atoms with Gasteiger partial charge in [0.25, 0.3) is 11.8 Å². The van der Waals surface area contributed by atoms with Crippen molar-refractivity contribution in [2.45, 2.75) is 32.7 Å². The first kappa shape index (κ1) is 21.3. The maximum atomic E-state index is 13.3. The van der Waals surface area contributed by atoms with E-state index in [-0.39, 0.29) is 11.9 Å². The molecular weight excluding hydrogens is 392 g/mol. The molecule has 30 heavy (non-hydrogen) atoms. The van der Waals surface area contributed by atoms with E-state index < -0.39 is 11.6 Å². The molecule has 1 atom stereocenters. The molecule has 0 spiro atoms. The van der Waals surface area contributed by atoms with Crippen molar-refractivity contribution in [3.05, 3.63) is 60.3 Å². The molecule has 0 bridgehead atoms. The molecule has 0 aliphatic carbocycles. The van der Waals surface area contributed by atoms with Crippen LogP contribution in [-0.2, 0) is 5.92 Å². The third-order valence-electron chi connectivity index (χ3n) is 4.58. The highest BCUT2D eigenvalue weighted by Crippen LogP contribution is 2.24. The minimum atomic E-state index is -3.04. The number of hydrogen-bond acceptors (Lipinski definition) is 6. The zero-order valence-corrected chi connectivity index (χ0v) is 17.0. The SMILES string of the molecule is CCN(C(=O)c1ccccc1-n1nccn1)[C@@H](C)CNc1cnc(C(C)(F)F)cn1. The average molecular weight is 415 g/mol. The van der Waals surface area contributed by atoms with E-state index in [1.165, 1.54) is 11.0 Å². The first-order valence-electron chi connectivity index (χ1n) is 9.52. The normalized spacial score (nSPS) is 12.4. The first-order chi connectivity index (χ1) is 14.3. The lowest BCUT2D eigenvalue weighted by Gasteiger charge is -2.29. The number of alkyl halides is 2. The molecule has 0 fully saturated rings. The molecule has 3 aromatic rings. The van der Waals surface area contributed by atoms with E-state index >= 15 is 0 Å². The van der Waals surface area contributed by atoms with Crippen molar-refractivity contribution < 1.29 is 13.6 Å². The van der Waals surface area contributed by atoms with Gasteiger partial charge in [0.15, 0.2) is 0 Å². The largest absolute Gasteiger partial charge is 0.367 e. The average Bonchev–Trinajstić information content (AvgIpc) is 3.27. The predicted octanol–water partition coefficient (Wildman–Crippen LogP) is 3.13. The highest BCUT2D eigenvalue weighted by atomic mass is 19.3. The molecule has 0 aliphatic heterocycles. The summed E-state index contributed by atoms with van der Waals surface area (Å²) in [7, 11) is 0. The van der Waals surface area contributed by atoms with Crippen LogP contribution in [0.2, 0.25) is 0 Å². The Balaban J connectivity index is 1.71. The second-order valence-electron chi connectivity index (χ2n) is 6.83. The Kier molecular flexibility index (Phi) is 6.34. The Morgan fingerprint density at radius 3 is 2.50 bits per heavy atom. The van der Waals surface area contributed by atoms with Crippen molar-refractivity contribution >= 4 is 11.7 Å². The molecule has 0 aliphatic rings. The van der Waals surface area contributed by atoms with Crippen molar-refractivity contribution in [2.24, 2.45) is 0 Å². The summed E-state index contributed by atoms with van der Waals surface area (Å²) in [6, 6.07) is 6.93. The molecule has 2 aromatic heterocycles. The van der Waals surface area contributed by atoms with Crippen molar-refractivity contribution in [2.75, 3.05) is 18.4 Å². The lowest BCUT2D eigenvalue weighted by molar-refractivity contribution is 0.0124. The summed E-state index contributed by atoms with van der Waals surface area (Å²) >= 11 is 0. The van der Waals surface area contributed by atoms with E-state index in [0.717, 1.165) is 13.1 Å². The number of benzene rings is 1. The summed E-state index contributed by atoms with van der Waals surface area (Å²) in [4.78, 5) is 24.1. The molecule has 1 aromatic carbocycles. The summed E-state index contributed by atoms with van der Waals surface area (Å²) < 4.78 is 26.5. The fourth-order valence-corrected chi connectivity index (χ4v) is 2.99. The zero-order valence-electron chi connectivity index (χ0n) is 17.0. The molecule has 8 nitrogen and oxygen atoms in total. The monoisotopic (exact) mass is 415 g/mol. The quantitative estimate of drug-likeness (QED) is 0.608. The van der Waals surface area contributed by atoms with Crippen molar-refractivity contribution in [1.82, 2.24) is 29.9 Å². The van der Waals surface area contributed by atoms with Gasteiger partial charge in [0.2, 0.25) is 0 Å². The van der Waals surface area contributed by atoms with E-state index in [4.69, 9.17) is 0 Å². The number of carbonyl (C=O) groups is 1. The van der Waals surface area contributed by atoms with E-state index in [1.807, 2.05) is 19.9 Å². The molecule has 0 saturated heterocycles. The van der Waals surface area contributed by atoms with E-state index in [9.17, 15) is 13.6 Å². The smallest absolute Gasteiger partial charge is 0.288 e. The maximum Gasteiger partial charge on any atom is 0.288 e. The van der Waals surface area contributed by atoms with Crippen LogP contribution in [0.3, 0.4) is 0 Å². The molecule has 0 unspecified atom stereocenters. The third kappa shape index (κ3) is 4.76. The van der Waals surface area contributed by atoms with Crippen LogP contribution in [0.5, 0.6) is 0 Å². The number of carbonyl (C=O) groups excluding carboxylic acids is 1. The number of likely N-dealkylation sites (N-methyl/N-ethyl adjacent to an activating group) is 1. The fourth-order valence-electron chi connectivity index (χ4n) is 2.99. The molecule has 1 N–H and O–H groups in total. The van der Waals surface area contributed by atoms with Crippen molar-refractivity contribution in [1.29, 1.82) is 0 Å². The van der Waals surface area contributed by atoms with Crippen LogP contribution in [0.25, 0.3) is 5.69 Å². The molecule has 158 valence electrons. The number of anilines is 1. The number of halogens is 2. The van der Waals surface area contributed by atoms with Gasteiger partial charge in [-0.1, -0.05) is 12.1 Å². The topological polar surface area (TPSA) is 88.8 Å².